The summed E-state index contributed by atoms with van der Waals surface area (Å²) in [5, 5.41) is 8.37. The number of hydrogen-bond acceptors (Lipinski definition) is 2. The van der Waals surface area contributed by atoms with Crippen LogP contribution in [0.25, 0.3) is 10.9 Å². The minimum Gasteiger partial charge on any atom is -0.382 e. The largest absolute Gasteiger partial charge is 0.382 e. The molecule has 3 heteroatoms. The first-order chi connectivity index (χ1) is 8.42. The zero-order valence-electron chi connectivity index (χ0n) is 10.00. The average Bonchev–Trinajstić information content (AvgIpc) is 2.65. The van der Waals surface area contributed by atoms with Gasteiger partial charge in [-0.25, -0.2) is 0 Å². The molecule has 1 saturated heterocycles. The fourth-order valence-electron chi connectivity index (χ4n) is 2.54. The third-order valence-corrected chi connectivity index (χ3v) is 3.50. The van der Waals surface area contributed by atoms with Gasteiger partial charge in [-0.1, -0.05) is 0 Å². The van der Waals surface area contributed by atoms with E-state index in [1.807, 2.05) is 6.20 Å². The summed E-state index contributed by atoms with van der Waals surface area (Å²) in [6, 6.07) is 9.27. The van der Waals surface area contributed by atoms with E-state index in [-0.39, 0.29) is 0 Å². The zero-order valence-corrected chi connectivity index (χ0v) is 10.00. The highest BCUT2D eigenvalue weighted by molar-refractivity contribution is 5.83. The third kappa shape index (κ3) is 2.44. The Hall–Kier alpha value is -1.48. The van der Waals surface area contributed by atoms with Crippen molar-refractivity contribution in [1.29, 1.82) is 0 Å². The van der Waals surface area contributed by atoms with Gasteiger partial charge >= 0.3 is 0 Å². The Kier molecular flexibility index (Phi) is 3.01. The van der Waals surface area contributed by atoms with Gasteiger partial charge in [0.25, 0.3) is 0 Å². The first-order valence-corrected chi connectivity index (χ1v) is 6.46. The molecule has 0 aliphatic carbocycles. The minimum atomic E-state index is 0.612. The number of fused-ring (bicyclic) bond motifs is 1. The van der Waals surface area contributed by atoms with Crippen molar-refractivity contribution >= 4 is 16.6 Å². The second kappa shape index (κ2) is 4.80. The summed E-state index contributed by atoms with van der Waals surface area (Å²) >= 11 is 0. The Bertz CT molecular complexity index is 481. The normalized spacial score (nSPS) is 21.3. The van der Waals surface area contributed by atoms with Gasteiger partial charge in [0.15, 0.2) is 0 Å². The van der Waals surface area contributed by atoms with Crippen molar-refractivity contribution in [1.82, 2.24) is 10.3 Å². The summed E-state index contributed by atoms with van der Waals surface area (Å²) in [7, 11) is 0. The predicted octanol–water partition coefficient (Wildman–Crippen LogP) is 2.72. The molecular formula is C14H19N3. The molecule has 0 bridgehead atoms. The highest BCUT2D eigenvalue weighted by atomic mass is 14.9. The molecule has 1 atom stereocenters. The number of nitrogens with one attached hydrogen (secondary N) is 3. The fraction of sp³-hybridized carbons (Fsp3) is 0.429. The van der Waals surface area contributed by atoms with Crippen LogP contribution in [-0.2, 0) is 0 Å². The summed E-state index contributed by atoms with van der Waals surface area (Å²) in [6.45, 7) is 2.29. The van der Waals surface area contributed by atoms with E-state index < -0.39 is 0 Å². The van der Waals surface area contributed by atoms with Crippen molar-refractivity contribution in [3.05, 3.63) is 30.5 Å². The van der Waals surface area contributed by atoms with Crippen LogP contribution in [0.1, 0.15) is 19.3 Å². The molecule has 1 unspecified atom stereocenters. The second-order valence-electron chi connectivity index (χ2n) is 4.80. The molecule has 0 amide bonds. The maximum atomic E-state index is 3.65. The van der Waals surface area contributed by atoms with Crippen LogP contribution in [0.4, 0.5) is 5.69 Å². The van der Waals surface area contributed by atoms with Crippen molar-refractivity contribution in [2.75, 3.05) is 18.4 Å². The summed E-state index contributed by atoms with van der Waals surface area (Å²) in [6.07, 6.45) is 5.73. The number of hydrogen-bond donors (Lipinski definition) is 3. The molecule has 17 heavy (non-hydrogen) atoms. The molecule has 2 heterocycles. The van der Waals surface area contributed by atoms with E-state index >= 15 is 0 Å². The molecule has 0 radical (unpaired) electrons. The van der Waals surface area contributed by atoms with Crippen LogP contribution in [0.5, 0.6) is 0 Å². The quantitative estimate of drug-likeness (QED) is 0.741. The van der Waals surface area contributed by atoms with E-state index in [0.29, 0.717) is 6.04 Å². The highest BCUT2D eigenvalue weighted by Crippen LogP contribution is 2.20. The number of anilines is 1. The standard InChI is InChI=1S/C14H19N3/c1-2-12(6-8-15-7-1)17-13-3-4-14-11(10-13)5-9-16-14/h3-5,9-10,12,15-17H,1-2,6-8H2. The van der Waals surface area contributed by atoms with Crippen molar-refractivity contribution < 1.29 is 0 Å². The van der Waals surface area contributed by atoms with Gasteiger partial charge < -0.3 is 15.6 Å². The maximum Gasteiger partial charge on any atom is 0.0455 e. The van der Waals surface area contributed by atoms with Gasteiger partial charge in [-0.3, -0.25) is 0 Å². The van der Waals surface area contributed by atoms with E-state index in [0.717, 1.165) is 13.1 Å². The van der Waals surface area contributed by atoms with Crippen LogP contribution in [0.15, 0.2) is 30.5 Å². The SMILES string of the molecule is c1cc2cc(NC3CCCNCC3)ccc2[nH]1. The van der Waals surface area contributed by atoms with Gasteiger partial charge in [0, 0.05) is 28.8 Å². The smallest absolute Gasteiger partial charge is 0.0455 e. The molecule has 0 saturated carbocycles. The van der Waals surface area contributed by atoms with Crippen molar-refractivity contribution in [2.24, 2.45) is 0 Å². The lowest BCUT2D eigenvalue weighted by molar-refractivity contribution is 0.638. The van der Waals surface area contributed by atoms with E-state index in [1.54, 1.807) is 0 Å². The van der Waals surface area contributed by atoms with E-state index in [2.05, 4.69) is 39.9 Å². The van der Waals surface area contributed by atoms with Crippen LogP contribution >= 0.6 is 0 Å². The Balaban J connectivity index is 1.74. The van der Waals surface area contributed by atoms with E-state index in [9.17, 15) is 0 Å². The molecule has 1 aromatic heterocycles. The van der Waals surface area contributed by atoms with Gasteiger partial charge in [-0.2, -0.15) is 0 Å². The molecule has 2 aromatic rings. The number of aromatic nitrogens is 1. The lowest BCUT2D eigenvalue weighted by Crippen LogP contribution is -2.21. The molecule has 0 spiro atoms. The molecule has 1 fully saturated rings. The van der Waals surface area contributed by atoms with Gasteiger partial charge in [-0.05, 0) is 56.6 Å². The van der Waals surface area contributed by atoms with Crippen LogP contribution in [0.2, 0.25) is 0 Å². The van der Waals surface area contributed by atoms with Gasteiger partial charge in [-0.15, -0.1) is 0 Å². The number of aromatic amines is 1. The second-order valence-corrected chi connectivity index (χ2v) is 4.80. The van der Waals surface area contributed by atoms with Crippen LogP contribution in [0.3, 0.4) is 0 Å². The molecule has 1 aromatic carbocycles. The van der Waals surface area contributed by atoms with Gasteiger partial charge in [0.1, 0.15) is 0 Å². The Morgan fingerprint density at radius 2 is 2.12 bits per heavy atom. The van der Waals surface area contributed by atoms with E-state index in [1.165, 1.54) is 35.9 Å². The Morgan fingerprint density at radius 3 is 3.12 bits per heavy atom. The van der Waals surface area contributed by atoms with Gasteiger partial charge in [0.2, 0.25) is 0 Å². The van der Waals surface area contributed by atoms with Crippen molar-refractivity contribution in [2.45, 2.75) is 25.3 Å². The lowest BCUT2D eigenvalue weighted by Gasteiger charge is -2.17. The highest BCUT2D eigenvalue weighted by Gasteiger charge is 2.11. The fourth-order valence-corrected chi connectivity index (χ4v) is 2.54. The monoisotopic (exact) mass is 229 g/mol. The summed E-state index contributed by atoms with van der Waals surface area (Å²) in [4.78, 5) is 3.22. The zero-order chi connectivity index (χ0) is 11.5. The maximum absolute atomic E-state index is 3.65. The molecule has 1 aliphatic rings. The Labute approximate surface area is 102 Å². The van der Waals surface area contributed by atoms with E-state index in [4.69, 9.17) is 0 Å². The van der Waals surface area contributed by atoms with Crippen LogP contribution in [-0.4, -0.2) is 24.1 Å². The average molecular weight is 229 g/mol. The number of benzene rings is 1. The van der Waals surface area contributed by atoms with Gasteiger partial charge in [0.05, 0.1) is 0 Å². The molecule has 1 aliphatic heterocycles. The number of H-pyrrole nitrogens is 1. The molecule has 3 rings (SSSR count). The lowest BCUT2D eigenvalue weighted by atomic mass is 10.1. The topological polar surface area (TPSA) is 39.8 Å². The van der Waals surface area contributed by atoms with Crippen LogP contribution < -0.4 is 10.6 Å². The first-order valence-electron chi connectivity index (χ1n) is 6.46. The van der Waals surface area contributed by atoms with Crippen molar-refractivity contribution in [3.8, 4) is 0 Å². The minimum absolute atomic E-state index is 0.612. The first kappa shape index (κ1) is 10.7. The van der Waals surface area contributed by atoms with Crippen molar-refractivity contribution in [3.63, 3.8) is 0 Å². The summed E-state index contributed by atoms with van der Waals surface area (Å²) in [5.41, 5.74) is 2.45. The molecule has 90 valence electrons. The summed E-state index contributed by atoms with van der Waals surface area (Å²) < 4.78 is 0. The third-order valence-electron chi connectivity index (χ3n) is 3.50. The molecular weight excluding hydrogens is 210 g/mol. The Morgan fingerprint density at radius 1 is 1.12 bits per heavy atom. The molecule has 3 nitrogen and oxygen atoms in total. The summed E-state index contributed by atoms with van der Waals surface area (Å²) in [5.74, 6) is 0. The predicted molar refractivity (Wildman–Crippen MR) is 72.4 cm³/mol. The number of rotatable bonds is 2. The molecule has 3 N–H and O–H groups in total. The van der Waals surface area contributed by atoms with Crippen LogP contribution in [0, 0.1) is 0 Å².